The highest BCUT2D eigenvalue weighted by Gasteiger charge is 2.21. The Balaban J connectivity index is 2.44. The molecule has 1 unspecified atom stereocenters. The number of nitrogens with two attached hydrogens (primary N) is 1. The summed E-state index contributed by atoms with van der Waals surface area (Å²) in [7, 11) is 0. The number of hydrogen-bond acceptors (Lipinski definition) is 5. The van der Waals surface area contributed by atoms with Gasteiger partial charge in [-0.1, -0.05) is 23.2 Å². The summed E-state index contributed by atoms with van der Waals surface area (Å²) in [5.41, 5.74) is 5.67. The maximum Gasteiger partial charge on any atom is 0.344 e. The van der Waals surface area contributed by atoms with Crippen LogP contribution in [0.2, 0.25) is 10.0 Å². The van der Waals surface area contributed by atoms with Crippen LogP contribution in [0.15, 0.2) is 12.1 Å². The van der Waals surface area contributed by atoms with E-state index in [9.17, 15) is 9.59 Å². The molecule has 0 saturated heterocycles. The molecule has 0 fully saturated rings. The molecule has 0 bridgehead atoms. The van der Waals surface area contributed by atoms with Crippen molar-refractivity contribution in [3.05, 3.63) is 27.9 Å². The highest BCUT2D eigenvalue weighted by Crippen LogP contribution is 2.38. The van der Waals surface area contributed by atoms with Gasteiger partial charge in [-0.3, -0.25) is 4.79 Å². The number of carboxylic acids is 1. The van der Waals surface area contributed by atoms with Crippen LogP contribution < -0.4 is 10.5 Å². The number of amides is 1. The minimum atomic E-state index is -1.16. The molecule has 22 heavy (non-hydrogen) atoms. The summed E-state index contributed by atoms with van der Waals surface area (Å²) in [6.45, 7) is 1.34. The van der Waals surface area contributed by atoms with Gasteiger partial charge in [0.25, 0.3) is 5.91 Å². The van der Waals surface area contributed by atoms with Gasteiger partial charge in [-0.25, -0.2) is 4.79 Å². The number of carbonyl (C=O) groups is 2. The van der Waals surface area contributed by atoms with Crippen LogP contribution in [0.3, 0.4) is 0 Å². The van der Waals surface area contributed by atoms with Crippen molar-refractivity contribution in [3.63, 3.8) is 0 Å². The smallest absolute Gasteiger partial charge is 0.344 e. The number of hydrogen-bond donors (Lipinski definition) is 3. The van der Waals surface area contributed by atoms with Gasteiger partial charge in [-0.05, 0) is 19.1 Å². The Kier molecular flexibility index (Phi) is 4.53. The Morgan fingerprint density at radius 3 is 2.41 bits per heavy atom. The molecule has 0 radical (unpaired) electrons. The normalized spacial score (nSPS) is 12.0. The average Bonchev–Trinajstić information content (AvgIpc) is 2.91. The molecule has 1 aromatic heterocycles. The molecule has 1 heterocycles. The lowest BCUT2D eigenvalue weighted by atomic mass is 10.1. The lowest BCUT2D eigenvalue weighted by Crippen LogP contribution is -2.23. The zero-order chi connectivity index (χ0) is 16.4. The number of aliphatic carboxylic acids is 1. The fraction of sp³-hybridized carbons (Fsp3) is 0.167. The highest BCUT2D eigenvalue weighted by molar-refractivity contribution is 6.37. The van der Waals surface area contributed by atoms with Crippen LogP contribution in [-0.4, -0.2) is 38.5 Å². The van der Waals surface area contributed by atoms with E-state index >= 15 is 0 Å². The minimum Gasteiger partial charge on any atom is -0.479 e. The Labute approximate surface area is 134 Å². The summed E-state index contributed by atoms with van der Waals surface area (Å²) >= 11 is 12.1. The third kappa shape index (κ3) is 3.12. The summed E-state index contributed by atoms with van der Waals surface area (Å²) in [6.07, 6.45) is -1.13. The molecule has 10 heteroatoms. The number of nitrogens with one attached hydrogen (secondary N) is 1. The lowest BCUT2D eigenvalue weighted by molar-refractivity contribution is -0.144. The van der Waals surface area contributed by atoms with Crippen LogP contribution in [0, 0.1) is 0 Å². The Bertz CT molecular complexity index is 723. The summed E-state index contributed by atoms with van der Waals surface area (Å²) in [6, 6.07) is 2.84. The van der Waals surface area contributed by atoms with E-state index in [1.54, 1.807) is 0 Å². The highest BCUT2D eigenvalue weighted by atomic mass is 35.5. The standard InChI is InChI=1S/C12H10Cl2N4O4/c1-4(12(20)21)22-10-6(13)2-5(3-7(10)14)8-9(11(15)19)17-18-16-8/h2-4H,1H3,(H2,15,19)(H,20,21)(H,16,17,18). The number of benzene rings is 1. The van der Waals surface area contributed by atoms with Gasteiger partial charge in [0, 0.05) is 5.56 Å². The molecule has 2 rings (SSSR count). The molecule has 0 aliphatic rings. The molecule has 2 aromatic rings. The van der Waals surface area contributed by atoms with Crippen LogP contribution in [-0.2, 0) is 4.79 Å². The lowest BCUT2D eigenvalue weighted by Gasteiger charge is -2.14. The Hall–Kier alpha value is -2.32. The SMILES string of the molecule is CC(Oc1c(Cl)cc(-c2n[nH]nc2C(N)=O)cc1Cl)C(=O)O. The number of carbonyl (C=O) groups excluding carboxylic acids is 1. The zero-order valence-electron chi connectivity index (χ0n) is 11.1. The predicted molar refractivity (Wildman–Crippen MR) is 78.1 cm³/mol. The number of nitrogens with zero attached hydrogens (tertiary/aromatic N) is 2. The van der Waals surface area contributed by atoms with E-state index in [0.29, 0.717) is 5.56 Å². The van der Waals surface area contributed by atoms with E-state index in [1.165, 1.54) is 19.1 Å². The first-order valence-electron chi connectivity index (χ1n) is 5.90. The molecular formula is C12H10Cl2N4O4. The van der Waals surface area contributed by atoms with Crippen LogP contribution in [0.25, 0.3) is 11.3 Å². The summed E-state index contributed by atoms with van der Waals surface area (Å²) in [4.78, 5) is 22.1. The van der Waals surface area contributed by atoms with E-state index in [-0.39, 0.29) is 27.2 Å². The van der Waals surface area contributed by atoms with Crippen molar-refractivity contribution in [3.8, 4) is 17.0 Å². The van der Waals surface area contributed by atoms with Gasteiger partial charge in [0.2, 0.25) is 0 Å². The van der Waals surface area contributed by atoms with Gasteiger partial charge >= 0.3 is 5.97 Å². The van der Waals surface area contributed by atoms with Gasteiger partial charge in [0.15, 0.2) is 17.5 Å². The number of rotatable bonds is 5. The molecule has 8 nitrogen and oxygen atoms in total. The molecule has 4 N–H and O–H groups in total. The molecule has 0 aliphatic heterocycles. The van der Waals surface area contributed by atoms with Crippen molar-refractivity contribution < 1.29 is 19.4 Å². The Morgan fingerprint density at radius 1 is 1.32 bits per heavy atom. The number of halogens is 2. The summed E-state index contributed by atoms with van der Waals surface area (Å²) in [5.74, 6) is -1.91. The number of ether oxygens (including phenoxy) is 1. The average molecular weight is 345 g/mol. The van der Waals surface area contributed by atoms with Gasteiger partial charge in [0.1, 0.15) is 5.69 Å². The van der Waals surface area contributed by atoms with E-state index in [1.807, 2.05) is 0 Å². The predicted octanol–water partition coefficient (Wildman–Crippen LogP) is 1.73. The first kappa shape index (κ1) is 16.1. The van der Waals surface area contributed by atoms with E-state index in [2.05, 4.69) is 15.4 Å². The molecule has 1 amide bonds. The number of aromatic nitrogens is 3. The molecule has 1 atom stereocenters. The van der Waals surface area contributed by atoms with Gasteiger partial charge in [0.05, 0.1) is 10.0 Å². The fourth-order valence-electron chi connectivity index (χ4n) is 1.64. The van der Waals surface area contributed by atoms with Crippen LogP contribution in [0.5, 0.6) is 5.75 Å². The molecule has 0 spiro atoms. The fourth-order valence-corrected chi connectivity index (χ4v) is 2.22. The molecular weight excluding hydrogens is 335 g/mol. The van der Waals surface area contributed by atoms with Crippen molar-refractivity contribution in [1.29, 1.82) is 0 Å². The van der Waals surface area contributed by atoms with E-state index in [0.717, 1.165) is 0 Å². The number of H-pyrrole nitrogens is 1. The molecule has 1 aromatic carbocycles. The summed E-state index contributed by atoms with van der Waals surface area (Å²) < 4.78 is 5.19. The first-order valence-corrected chi connectivity index (χ1v) is 6.66. The van der Waals surface area contributed by atoms with Crippen molar-refractivity contribution >= 4 is 35.1 Å². The molecule has 116 valence electrons. The number of carboxylic acid groups (broad SMARTS) is 1. The number of aromatic amines is 1. The second-order valence-electron chi connectivity index (χ2n) is 4.25. The zero-order valence-corrected chi connectivity index (χ0v) is 12.6. The second-order valence-corrected chi connectivity index (χ2v) is 5.07. The van der Waals surface area contributed by atoms with Crippen LogP contribution >= 0.6 is 23.2 Å². The van der Waals surface area contributed by atoms with Gasteiger partial charge in [-0.15, -0.1) is 0 Å². The first-order chi connectivity index (χ1) is 10.3. The maximum atomic E-state index is 11.3. The monoisotopic (exact) mass is 344 g/mol. The van der Waals surface area contributed by atoms with Crippen molar-refractivity contribution in [2.45, 2.75) is 13.0 Å². The molecule has 0 aliphatic carbocycles. The maximum absolute atomic E-state index is 11.3. The van der Waals surface area contributed by atoms with Gasteiger partial charge in [-0.2, -0.15) is 15.4 Å². The largest absolute Gasteiger partial charge is 0.479 e. The second kappa shape index (κ2) is 6.20. The quantitative estimate of drug-likeness (QED) is 0.756. The van der Waals surface area contributed by atoms with E-state index in [4.69, 9.17) is 38.8 Å². The summed E-state index contributed by atoms with van der Waals surface area (Å²) in [5, 5.41) is 18.7. The number of primary amides is 1. The topological polar surface area (TPSA) is 131 Å². The third-order valence-corrected chi connectivity index (χ3v) is 3.26. The Morgan fingerprint density at radius 2 is 1.91 bits per heavy atom. The van der Waals surface area contributed by atoms with Crippen molar-refractivity contribution in [2.24, 2.45) is 5.73 Å². The van der Waals surface area contributed by atoms with Crippen molar-refractivity contribution in [2.75, 3.05) is 0 Å². The van der Waals surface area contributed by atoms with Crippen molar-refractivity contribution in [1.82, 2.24) is 15.4 Å². The van der Waals surface area contributed by atoms with Crippen LogP contribution in [0.4, 0.5) is 0 Å². The van der Waals surface area contributed by atoms with Gasteiger partial charge < -0.3 is 15.6 Å². The minimum absolute atomic E-state index is 0.0195. The van der Waals surface area contributed by atoms with Crippen LogP contribution in [0.1, 0.15) is 17.4 Å². The van der Waals surface area contributed by atoms with E-state index < -0.39 is 18.0 Å². The molecule has 0 saturated carbocycles. The third-order valence-electron chi connectivity index (χ3n) is 2.70.